The van der Waals surface area contributed by atoms with Gasteiger partial charge in [-0.25, -0.2) is 0 Å². The van der Waals surface area contributed by atoms with E-state index in [2.05, 4.69) is 12.2 Å². The van der Waals surface area contributed by atoms with Crippen molar-refractivity contribution in [2.75, 3.05) is 19.7 Å². The van der Waals surface area contributed by atoms with Crippen LogP contribution < -0.4 is 11.1 Å². The molecule has 0 saturated heterocycles. The molecule has 0 aliphatic heterocycles. The Balaban J connectivity index is 3.68. The standard InChI is InChI=1S/C10H22N2O2/c1-4-7-14-10(2,3)8-12-9(13)5-6-11/h4-8,11H2,1-3H3,(H,12,13). The number of rotatable bonds is 7. The first-order chi connectivity index (χ1) is 6.52. The van der Waals surface area contributed by atoms with Gasteiger partial charge < -0.3 is 15.8 Å². The zero-order chi connectivity index (χ0) is 11.0. The van der Waals surface area contributed by atoms with Gasteiger partial charge in [-0.2, -0.15) is 0 Å². The number of ether oxygens (including phenoxy) is 1. The number of amides is 1. The number of nitrogens with one attached hydrogen (secondary N) is 1. The largest absolute Gasteiger partial charge is 0.374 e. The number of nitrogens with two attached hydrogens (primary N) is 1. The minimum atomic E-state index is -0.291. The molecule has 0 fully saturated rings. The lowest BCUT2D eigenvalue weighted by molar-refractivity contribution is -0.122. The van der Waals surface area contributed by atoms with Crippen molar-refractivity contribution in [2.45, 2.75) is 39.2 Å². The molecule has 14 heavy (non-hydrogen) atoms. The highest BCUT2D eigenvalue weighted by molar-refractivity contribution is 5.76. The van der Waals surface area contributed by atoms with Gasteiger partial charge in [0.1, 0.15) is 0 Å². The van der Waals surface area contributed by atoms with E-state index in [0.29, 0.717) is 19.5 Å². The van der Waals surface area contributed by atoms with Crippen molar-refractivity contribution in [3.8, 4) is 0 Å². The molecule has 0 aromatic rings. The van der Waals surface area contributed by atoms with Crippen molar-refractivity contribution in [2.24, 2.45) is 5.73 Å². The molecule has 0 rings (SSSR count). The fourth-order valence-electron chi connectivity index (χ4n) is 0.960. The molecular weight excluding hydrogens is 180 g/mol. The lowest BCUT2D eigenvalue weighted by atomic mass is 10.1. The zero-order valence-corrected chi connectivity index (χ0v) is 9.43. The number of hydrogen-bond donors (Lipinski definition) is 2. The van der Waals surface area contributed by atoms with Crippen molar-refractivity contribution in [1.82, 2.24) is 5.32 Å². The molecule has 0 aliphatic carbocycles. The summed E-state index contributed by atoms with van der Waals surface area (Å²) in [6.45, 7) is 7.63. The van der Waals surface area contributed by atoms with Gasteiger partial charge >= 0.3 is 0 Å². The van der Waals surface area contributed by atoms with E-state index in [-0.39, 0.29) is 11.5 Å². The van der Waals surface area contributed by atoms with Crippen molar-refractivity contribution in [3.63, 3.8) is 0 Å². The average Bonchev–Trinajstić information content (AvgIpc) is 2.13. The maximum absolute atomic E-state index is 11.1. The van der Waals surface area contributed by atoms with Gasteiger partial charge in [-0.1, -0.05) is 6.92 Å². The summed E-state index contributed by atoms with van der Waals surface area (Å²) in [5.41, 5.74) is 4.97. The Bertz CT molecular complexity index is 170. The van der Waals surface area contributed by atoms with Crippen molar-refractivity contribution >= 4 is 5.91 Å². The summed E-state index contributed by atoms with van der Waals surface area (Å²) < 4.78 is 5.56. The Morgan fingerprint density at radius 3 is 2.64 bits per heavy atom. The first-order valence-corrected chi connectivity index (χ1v) is 5.12. The molecule has 84 valence electrons. The molecular formula is C10H22N2O2. The van der Waals surface area contributed by atoms with Gasteiger partial charge in [0.15, 0.2) is 0 Å². The lowest BCUT2D eigenvalue weighted by Crippen LogP contribution is -2.41. The third kappa shape index (κ3) is 6.86. The van der Waals surface area contributed by atoms with E-state index in [1.165, 1.54) is 0 Å². The highest BCUT2D eigenvalue weighted by Crippen LogP contribution is 2.07. The molecule has 0 aromatic carbocycles. The first kappa shape index (κ1) is 13.4. The van der Waals surface area contributed by atoms with Crippen LogP contribution in [-0.2, 0) is 9.53 Å². The summed E-state index contributed by atoms with van der Waals surface area (Å²) in [7, 11) is 0. The van der Waals surface area contributed by atoms with Crippen molar-refractivity contribution in [1.29, 1.82) is 0 Å². The maximum atomic E-state index is 11.1. The summed E-state index contributed by atoms with van der Waals surface area (Å²) in [4.78, 5) is 11.1. The van der Waals surface area contributed by atoms with Crippen LogP contribution >= 0.6 is 0 Å². The Labute approximate surface area is 86.2 Å². The van der Waals surface area contributed by atoms with Gasteiger partial charge in [0.05, 0.1) is 5.60 Å². The Morgan fingerprint density at radius 1 is 1.50 bits per heavy atom. The monoisotopic (exact) mass is 202 g/mol. The van der Waals surface area contributed by atoms with Gasteiger partial charge in [-0.05, 0) is 20.3 Å². The molecule has 0 saturated carbocycles. The highest BCUT2D eigenvalue weighted by Gasteiger charge is 2.18. The molecule has 0 bridgehead atoms. The van der Waals surface area contributed by atoms with Crippen molar-refractivity contribution < 1.29 is 9.53 Å². The summed E-state index contributed by atoms with van der Waals surface area (Å²) in [5.74, 6) is -0.0133. The fourth-order valence-corrected chi connectivity index (χ4v) is 0.960. The Morgan fingerprint density at radius 2 is 2.14 bits per heavy atom. The lowest BCUT2D eigenvalue weighted by Gasteiger charge is -2.25. The van der Waals surface area contributed by atoms with E-state index in [1.807, 2.05) is 13.8 Å². The minimum absolute atomic E-state index is 0.0133. The van der Waals surface area contributed by atoms with Gasteiger partial charge in [-0.15, -0.1) is 0 Å². The second kappa shape index (κ2) is 6.79. The topological polar surface area (TPSA) is 64.3 Å². The van der Waals surface area contributed by atoms with Gasteiger partial charge in [0.25, 0.3) is 0 Å². The molecule has 0 heterocycles. The van der Waals surface area contributed by atoms with Crippen LogP contribution in [0.25, 0.3) is 0 Å². The minimum Gasteiger partial charge on any atom is -0.374 e. The SMILES string of the molecule is CCCOC(C)(C)CNC(=O)CCN. The highest BCUT2D eigenvalue weighted by atomic mass is 16.5. The number of hydrogen-bond acceptors (Lipinski definition) is 3. The van der Waals surface area contributed by atoms with E-state index >= 15 is 0 Å². The van der Waals surface area contributed by atoms with Gasteiger partial charge in [0, 0.05) is 26.1 Å². The quantitative estimate of drug-likeness (QED) is 0.637. The normalized spacial score (nSPS) is 11.4. The van der Waals surface area contributed by atoms with E-state index in [9.17, 15) is 4.79 Å². The molecule has 0 spiro atoms. The van der Waals surface area contributed by atoms with Crippen LogP contribution in [0.5, 0.6) is 0 Å². The third-order valence-electron chi connectivity index (χ3n) is 1.78. The molecule has 0 radical (unpaired) electrons. The van der Waals surface area contributed by atoms with E-state index < -0.39 is 0 Å². The summed E-state index contributed by atoms with van der Waals surface area (Å²) in [5, 5.41) is 2.79. The predicted octanol–water partition coefficient (Wildman–Crippen LogP) is 0.657. The second-order valence-electron chi connectivity index (χ2n) is 3.92. The van der Waals surface area contributed by atoms with Gasteiger partial charge in [-0.3, -0.25) is 4.79 Å². The molecule has 3 N–H and O–H groups in total. The van der Waals surface area contributed by atoms with Crippen LogP contribution in [0.4, 0.5) is 0 Å². The predicted molar refractivity (Wildman–Crippen MR) is 57.0 cm³/mol. The molecule has 1 amide bonds. The van der Waals surface area contributed by atoms with E-state index in [4.69, 9.17) is 10.5 Å². The number of carbonyl (C=O) groups excluding carboxylic acids is 1. The van der Waals surface area contributed by atoms with Crippen LogP contribution in [-0.4, -0.2) is 31.2 Å². The van der Waals surface area contributed by atoms with E-state index in [1.54, 1.807) is 0 Å². The Kier molecular flexibility index (Phi) is 6.49. The fraction of sp³-hybridized carbons (Fsp3) is 0.900. The van der Waals surface area contributed by atoms with Crippen LogP contribution in [0.2, 0.25) is 0 Å². The van der Waals surface area contributed by atoms with Gasteiger partial charge in [0.2, 0.25) is 5.91 Å². The molecule has 0 aliphatic rings. The number of carbonyl (C=O) groups is 1. The van der Waals surface area contributed by atoms with Crippen LogP contribution in [0.1, 0.15) is 33.6 Å². The van der Waals surface area contributed by atoms with Crippen LogP contribution in [0.15, 0.2) is 0 Å². The molecule has 0 unspecified atom stereocenters. The smallest absolute Gasteiger partial charge is 0.221 e. The zero-order valence-electron chi connectivity index (χ0n) is 9.43. The van der Waals surface area contributed by atoms with E-state index in [0.717, 1.165) is 13.0 Å². The second-order valence-corrected chi connectivity index (χ2v) is 3.92. The maximum Gasteiger partial charge on any atom is 0.221 e. The summed E-state index contributed by atoms with van der Waals surface area (Å²) in [6.07, 6.45) is 1.37. The van der Waals surface area contributed by atoms with Crippen molar-refractivity contribution in [3.05, 3.63) is 0 Å². The Hall–Kier alpha value is -0.610. The molecule has 4 nitrogen and oxygen atoms in total. The first-order valence-electron chi connectivity index (χ1n) is 5.12. The summed E-state index contributed by atoms with van der Waals surface area (Å²) in [6, 6.07) is 0. The third-order valence-corrected chi connectivity index (χ3v) is 1.78. The molecule has 4 heteroatoms. The van der Waals surface area contributed by atoms with Crippen LogP contribution in [0.3, 0.4) is 0 Å². The molecule has 0 atom stereocenters. The average molecular weight is 202 g/mol. The summed E-state index contributed by atoms with van der Waals surface area (Å²) >= 11 is 0. The molecule has 0 aromatic heterocycles. The van der Waals surface area contributed by atoms with Crippen LogP contribution in [0, 0.1) is 0 Å².